The molecule has 0 fully saturated rings. The first-order valence-electron chi connectivity index (χ1n) is 24.0. The van der Waals surface area contributed by atoms with Gasteiger partial charge in [0.15, 0.2) is 6.10 Å². The predicted molar refractivity (Wildman–Crippen MR) is 254 cm³/mol. The smallest absolute Gasteiger partial charge is 0.465 e. The minimum atomic E-state index is -4.45. The molecule has 0 spiro atoms. The van der Waals surface area contributed by atoms with Gasteiger partial charge in [0.05, 0.1) is 46.9 Å². The molecule has 19 heteroatoms. The maximum absolute atomic E-state index is 12.8. The molecule has 3 atom stereocenters. The fraction of sp³-hybridized carbons (Fsp3) is 0.889. The zero-order valence-electron chi connectivity index (χ0n) is 41.2. The number of carbonyl (C=O) groups is 5. The summed E-state index contributed by atoms with van der Waals surface area (Å²) in [6, 6.07) is 0.0629. The van der Waals surface area contributed by atoms with E-state index in [1.807, 2.05) is 28.2 Å². The van der Waals surface area contributed by atoms with Crippen LogP contribution in [-0.4, -0.2) is 152 Å². The topological polar surface area (TPSA) is 222 Å². The van der Waals surface area contributed by atoms with E-state index in [-0.39, 0.29) is 39.1 Å². The molecule has 0 aliphatic carbocycles. The minimum Gasteiger partial charge on any atom is -0.465 e. The van der Waals surface area contributed by atoms with Crippen LogP contribution >= 0.6 is 7.82 Å². The Labute approximate surface area is 387 Å². The van der Waals surface area contributed by atoms with Crippen LogP contribution in [0.25, 0.3) is 0 Å². The van der Waals surface area contributed by atoms with Crippen LogP contribution in [0.1, 0.15) is 135 Å². The van der Waals surface area contributed by atoms with Gasteiger partial charge >= 0.3 is 25.7 Å². The molecule has 1 unspecified atom stereocenters. The van der Waals surface area contributed by atoms with E-state index in [1.165, 1.54) is 57.8 Å². The van der Waals surface area contributed by atoms with Crippen LogP contribution in [0, 0.1) is 0 Å². The normalized spacial score (nSPS) is 13.8. The number of unbranched alkanes of at least 4 members (excludes halogenated alkanes) is 14. The highest BCUT2D eigenvalue weighted by Crippen LogP contribution is 2.43. The lowest BCUT2D eigenvalue weighted by Crippen LogP contribution is -2.45. The molecular weight excluding hydrogens is 862 g/mol. The molecule has 0 aromatic heterocycles. The van der Waals surface area contributed by atoms with Crippen LogP contribution in [0.2, 0.25) is 25.7 Å². The highest BCUT2D eigenvalue weighted by molar-refractivity contribution is 7.47. The monoisotopic (exact) mass is 953 g/mol. The van der Waals surface area contributed by atoms with Gasteiger partial charge in [-0.2, -0.15) is 0 Å². The fourth-order valence-corrected chi connectivity index (χ4v) is 7.70. The van der Waals surface area contributed by atoms with Crippen molar-refractivity contribution >= 4 is 45.6 Å². The summed E-state index contributed by atoms with van der Waals surface area (Å²) >= 11 is 0. The SMILES string of the molecule is CCCCCCCCCCCCCCCC(=O)OC[C@H](COP(=O)(O)OCC[N+](C)(C)C)OC(=O)CCCCN(C)CCCC[C@H](N)C(=O)NCC(=O)NCC(=O)OCC[Si](C)(C)C. The lowest BCUT2D eigenvalue weighted by Gasteiger charge is -2.24. The van der Waals surface area contributed by atoms with Crippen LogP contribution in [0.3, 0.4) is 0 Å². The van der Waals surface area contributed by atoms with E-state index >= 15 is 0 Å². The van der Waals surface area contributed by atoms with Gasteiger partial charge in [0, 0.05) is 20.9 Å². The van der Waals surface area contributed by atoms with Gasteiger partial charge in [0.2, 0.25) is 11.8 Å². The van der Waals surface area contributed by atoms with Crippen LogP contribution in [0.5, 0.6) is 0 Å². The molecule has 0 heterocycles. The highest BCUT2D eigenvalue weighted by atomic mass is 31.2. The number of quaternary nitrogens is 1. The molecule has 376 valence electrons. The number of likely N-dealkylation sites (N-methyl/N-ethyl adjacent to an activating group) is 1. The number of nitrogens with two attached hydrogens (primary N) is 1. The summed E-state index contributed by atoms with van der Waals surface area (Å²) in [7, 11) is 1.94. The van der Waals surface area contributed by atoms with E-state index in [0.717, 1.165) is 38.3 Å². The first-order valence-corrected chi connectivity index (χ1v) is 29.2. The molecule has 0 saturated carbocycles. The van der Waals surface area contributed by atoms with E-state index in [9.17, 15) is 33.4 Å². The van der Waals surface area contributed by atoms with Crippen molar-refractivity contribution in [3.63, 3.8) is 0 Å². The van der Waals surface area contributed by atoms with Gasteiger partial charge < -0.3 is 44.9 Å². The number of hydrogen-bond acceptors (Lipinski definition) is 13. The van der Waals surface area contributed by atoms with E-state index in [2.05, 4.69) is 42.1 Å². The quantitative estimate of drug-likeness (QED) is 0.0129. The Kier molecular flexibility index (Phi) is 35.2. The van der Waals surface area contributed by atoms with Crippen LogP contribution in [0.15, 0.2) is 0 Å². The average Bonchev–Trinajstić information content (AvgIpc) is 3.20. The number of phosphoric ester groups is 1. The van der Waals surface area contributed by atoms with Gasteiger partial charge in [-0.3, -0.25) is 33.0 Å². The van der Waals surface area contributed by atoms with Crippen molar-refractivity contribution in [2.45, 2.75) is 173 Å². The van der Waals surface area contributed by atoms with E-state index in [4.69, 9.17) is 29.0 Å². The van der Waals surface area contributed by atoms with Gasteiger partial charge in [-0.15, -0.1) is 0 Å². The van der Waals surface area contributed by atoms with Gasteiger partial charge in [-0.25, -0.2) is 4.57 Å². The molecule has 0 aliphatic rings. The Morgan fingerprint density at radius 3 is 1.81 bits per heavy atom. The maximum atomic E-state index is 12.8. The summed E-state index contributed by atoms with van der Waals surface area (Å²) in [6.45, 7) is 9.68. The number of amides is 2. The number of rotatable bonds is 42. The molecule has 0 aromatic rings. The largest absolute Gasteiger partial charge is 0.472 e. The summed E-state index contributed by atoms with van der Waals surface area (Å²) in [5.74, 6) is -2.43. The molecule has 0 bridgehead atoms. The second-order valence-corrected chi connectivity index (χ2v) is 26.4. The summed E-state index contributed by atoms with van der Waals surface area (Å²) in [4.78, 5) is 73.9. The second kappa shape index (κ2) is 36.6. The van der Waals surface area contributed by atoms with Crippen molar-refractivity contribution in [1.29, 1.82) is 0 Å². The number of esters is 3. The van der Waals surface area contributed by atoms with Crippen molar-refractivity contribution in [2.75, 3.05) is 87.3 Å². The minimum absolute atomic E-state index is 0.0158. The van der Waals surface area contributed by atoms with Crippen molar-refractivity contribution in [2.24, 2.45) is 5.73 Å². The molecule has 0 saturated heterocycles. The van der Waals surface area contributed by atoms with E-state index < -0.39 is 64.4 Å². The fourth-order valence-electron chi connectivity index (χ4n) is 6.24. The average molecular weight is 953 g/mol. The van der Waals surface area contributed by atoms with E-state index in [0.29, 0.717) is 56.3 Å². The summed E-state index contributed by atoms with van der Waals surface area (Å²) < 4.78 is 39.4. The molecule has 64 heavy (non-hydrogen) atoms. The molecule has 0 rings (SSSR count). The molecule has 2 amide bonds. The van der Waals surface area contributed by atoms with Crippen LogP contribution in [0.4, 0.5) is 0 Å². The zero-order valence-corrected chi connectivity index (χ0v) is 43.1. The number of ether oxygens (including phenoxy) is 3. The number of carbonyl (C=O) groups excluding carboxylic acids is 5. The van der Waals surface area contributed by atoms with Crippen molar-refractivity contribution in [3.05, 3.63) is 0 Å². The third-order valence-corrected chi connectivity index (χ3v) is 13.1. The molecule has 0 aromatic carbocycles. The molecular formula is C45H91N5O12PSi+. The standard InChI is InChI=1S/C45H90N5O12PSi/c1-9-10-11-12-13-14-15-16-17-18-19-20-21-27-42(52)59-37-39(38-61-63(56,57)60-32-31-50(3,4)5)62-43(53)28-23-25-30-49(2)29-24-22-26-40(46)45(55)48-35-41(51)47-36-44(54)58-33-34-64(6,7)8/h39-40H,9-38,46H2,1-8H3,(H2-,47,48,51,55,56,57)/p+1/t39-,40+/m1/s1. The molecule has 0 radical (unpaired) electrons. The van der Waals surface area contributed by atoms with Gasteiger partial charge in [0.1, 0.15) is 26.3 Å². The highest BCUT2D eigenvalue weighted by Gasteiger charge is 2.27. The molecule has 5 N–H and O–H groups in total. The van der Waals surface area contributed by atoms with Crippen LogP contribution in [-0.2, 0) is 51.8 Å². The second-order valence-electron chi connectivity index (χ2n) is 19.3. The first kappa shape index (κ1) is 61.6. The number of nitrogens with zero attached hydrogens (tertiary/aromatic N) is 2. The Balaban J connectivity index is 4.52. The number of nitrogens with one attached hydrogen (secondary N) is 2. The molecule has 17 nitrogen and oxygen atoms in total. The summed E-state index contributed by atoms with van der Waals surface area (Å²) in [5.41, 5.74) is 6.02. The third kappa shape index (κ3) is 41.0. The third-order valence-electron chi connectivity index (χ3n) is 10.4. The molecule has 0 aliphatic heterocycles. The van der Waals surface area contributed by atoms with Gasteiger partial charge in [-0.1, -0.05) is 110 Å². The first-order chi connectivity index (χ1) is 30.1. The van der Waals surface area contributed by atoms with Crippen molar-refractivity contribution in [3.8, 4) is 0 Å². The number of phosphoric acid groups is 1. The van der Waals surface area contributed by atoms with Crippen molar-refractivity contribution < 1.29 is 61.2 Å². The predicted octanol–water partition coefficient (Wildman–Crippen LogP) is 6.48. The van der Waals surface area contributed by atoms with Gasteiger partial charge in [-0.05, 0) is 58.3 Å². The maximum Gasteiger partial charge on any atom is 0.472 e. The lowest BCUT2D eigenvalue weighted by molar-refractivity contribution is -0.870. The Morgan fingerprint density at radius 1 is 0.688 bits per heavy atom. The Morgan fingerprint density at radius 2 is 1.23 bits per heavy atom. The van der Waals surface area contributed by atoms with Crippen molar-refractivity contribution in [1.82, 2.24) is 15.5 Å². The lowest BCUT2D eigenvalue weighted by atomic mass is 10.0. The number of hydrogen-bond donors (Lipinski definition) is 4. The Bertz CT molecular complexity index is 1330. The van der Waals surface area contributed by atoms with E-state index in [1.54, 1.807) is 0 Å². The zero-order chi connectivity index (χ0) is 48.3. The van der Waals surface area contributed by atoms with Gasteiger partial charge in [0.25, 0.3) is 0 Å². The Hall–Kier alpha value is -2.44. The summed E-state index contributed by atoms with van der Waals surface area (Å²) in [6.07, 6.45) is 17.9. The van der Waals surface area contributed by atoms with Crippen LogP contribution < -0.4 is 16.4 Å². The summed E-state index contributed by atoms with van der Waals surface area (Å²) in [5, 5.41) is 4.94.